The number of aromatic nitrogens is 5. The third-order valence-electron chi connectivity index (χ3n) is 3.66. The summed E-state index contributed by atoms with van der Waals surface area (Å²) >= 11 is 0. The van der Waals surface area contributed by atoms with Gasteiger partial charge in [0.1, 0.15) is 11.7 Å². The largest absolute Gasteiger partial charge is 0.347 e. The first-order valence-corrected chi connectivity index (χ1v) is 8.02. The Morgan fingerprint density at radius 2 is 2.04 bits per heavy atom. The number of anilines is 1. The van der Waals surface area contributed by atoms with Gasteiger partial charge < -0.3 is 14.7 Å². The molecule has 134 valence electrons. The fourth-order valence-electron chi connectivity index (χ4n) is 2.24. The number of carbonyl (C=O) groups excluding carboxylic acids is 1. The van der Waals surface area contributed by atoms with Crippen LogP contribution in [0.5, 0.6) is 0 Å². The maximum Gasteiger partial charge on any atom is 0.255 e. The van der Waals surface area contributed by atoms with Crippen LogP contribution in [-0.4, -0.2) is 45.1 Å². The molecule has 0 spiro atoms. The van der Waals surface area contributed by atoms with E-state index in [4.69, 9.17) is 4.52 Å². The van der Waals surface area contributed by atoms with Gasteiger partial charge in [0.2, 0.25) is 17.7 Å². The molecule has 3 aromatic heterocycles. The van der Waals surface area contributed by atoms with E-state index in [-0.39, 0.29) is 5.91 Å². The number of rotatable bonds is 5. The molecule has 0 aliphatic rings. The highest BCUT2D eigenvalue weighted by atomic mass is 16.5. The van der Waals surface area contributed by atoms with Gasteiger partial charge in [-0.25, -0.2) is 9.97 Å². The number of amides is 1. The van der Waals surface area contributed by atoms with Crippen molar-refractivity contribution >= 4 is 11.9 Å². The number of hydrogen-bond donors (Lipinski definition) is 1. The molecule has 0 bridgehead atoms. The van der Waals surface area contributed by atoms with E-state index in [1.165, 1.54) is 6.20 Å². The zero-order valence-electron chi connectivity index (χ0n) is 15.0. The third kappa shape index (κ3) is 3.66. The van der Waals surface area contributed by atoms with Gasteiger partial charge in [-0.05, 0) is 26.0 Å². The van der Waals surface area contributed by atoms with Crippen molar-refractivity contribution in [2.75, 3.05) is 19.0 Å². The summed E-state index contributed by atoms with van der Waals surface area (Å²) in [5, 5.41) is 6.72. The second-order valence-electron chi connectivity index (χ2n) is 5.93. The van der Waals surface area contributed by atoms with E-state index in [0.29, 0.717) is 34.6 Å². The first-order valence-electron chi connectivity index (χ1n) is 8.02. The summed E-state index contributed by atoms with van der Waals surface area (Å²) in [5.41, 5.74) is 1.59. The predicted molar refractivity (Wildman–Crippen MR) is 94.5 cm³/mol. The van der Waals surface area contributed by atoms with E-state index in [9.17, 15) is 4.79 Å². The van der Waals surface area contributed by atoms with Crippen molar-refractivity contribution in [2.45, 2.75) is 19.9 Å². The van der Waals surface area contributed by atoms with Crippen molar-refractivity contribution in [1.82, 2.24) is 30.4 Å². The molecule has 0 aliphatic carbocycles. The van der Waals surface area contributed by atoms with Gasteiger partial charge in [0.25, 0.3) is 5.91 Å². The second kappa shape index (κ2) is 7.26. The molecule has 0 radical (unpaired) electrons. The number of hydrogen-bond acceptors (Lipinski definition) is 8. The van der Waals surface area contributed by atoms with Crippen LogP contribution in [0.25, 0.3) is 11.5 Å². The van der Waals surface area contributed by atoms with Crippen LogP contribution >= 0.6 is 0 Å². The first kappa shape index (κ1) is 17.5. The zero-order chi connectivity index (χ0) is 18.7. The second-order valence-corrected chi connectivity index (χ2v) is 5.93. The first-order chi connectivity index (χ1) is 12.5. The van der Waals surface area contributed by atoms with E-state index < -0.39 is 6.04 Å². The lowest BCUT2D eigenvalue weighted by Crippen LogP contribution is -2.28. The smallest absolute Gasteiger partial charge is 0.255 e. The molecule has 0 fully saturated rings. The van der Waals surface area contributed by atoms with Gasteiger partial charge in [-0.2, -0.15) is 4.98 Å². The quantitative estimate of drug-likeness (QED) is 0.739. The Labute approximate surface area is 150 Å². The van der Waals surface area contributed by atoms with Crippen molar-refractivity contribution < 1.29 is 9.32 Å². The summed E-state index contributed by atoms with van der Waals surface area (Å²) in [5.74, 6) is 0.904. The maximum absolute atomic E-state index is 12.5. The molecule has 1 atom stereocenters. The minimum Gasteiger partial charge on any atom is -0.347 e. The van der Waals surface area contributed by atoms with Crippen LogP contribution < -0.4 is 10.2 Å². The molecule has 0 aliphatic heterocycles. The standard InChI is InChI=1S/C17H19N7O2/c1-10-12(9-19-17(21-10)24(3)4)15(25)20-11(2)16-22-14(23-26-16)13-7-5-6-8-18-13/h5-9,11H,1-4H3,(H,20,25)/t11-/m0/s1. The molecular weight excluding hydrogens is 334 g/mol. The molecule has 0 saturated heterocycles. The van der Waals surface area contributed by atoms with Crippen LogP contribution in [0, 0.1) is 6.92 Å². The summed E-state index contributed by atoms with van der Waals surface area (Å²) in [6.07, 6.45) is 3.16. The molecule has 9 heteroatoms. The SMILES string of the molecule is Cc1nc(N(C)C)ncc1C(=O)N[C@@H](C)c1nc(-c2ccccn2)no1. The zero-order valence-corrected chi connectivity index (χ0v) is 15.0. The lowest BCUT2D eigenvalue weighted by Gasteiger charge is -2.13. The lowest BCUT2D eigenvalue weighted by atomic mass is 10.2. The third-order valence-corrected chi connectivity index (χ3v) is 3.66. The van der Waals surface area contributed by atoms with Gasteiger partial charge in [-0.15, -0.1) is 0 Å². The van der Waals surface area contributed by atoms with Crippen LogP contribution in [0.4, 0.5) is 5.95 Å². The Bertz CT molecular complexity index is 908. The topological polar surface area (TPSA) is 110 Å². The van der Waals surface area contributed by atoms with Gasteiger partial charge in [0.05, 0.1) is 11.3 Å². The van der Waals surface area contributed by atoms with Crippen molar-refractivity contribution in [3.63, 3.8) is 0 Å². The van der Waals surface area contributed by atoms with Crippen LogP contribution in [0.1, 0.15) is 34.9 Å². The molecule has 1 N–H and O–H groups in total. The summed E-state index contributed by atoms with van der Waals surface area (Å²) in [7, 11) is 3.68. The molecule has 9 nitrogen and oxygen atoms in total. The van der Waals surface area contributed by atoms with Crippen molar-refractivity contribution in [1.29, 1.82) is 0 Å². The molecule has 0 unspecified atom stereocenters. The fraction of sp³-hybridized carbons (Fsp3) is 0.294. The number of carbonyl (C=O) groups is 1. The summed E-state index contributed by atoms with van der Waals surface area (Å²) in [4.78, 5) is 31.2. The molecule has 1 amide bonds. The molecule has 0 saturated carbocycles. The normalized spacial score (nSPS) is 11.8. The van der Waals surface area contributed by atoms with Crippen molar-refractivity contribution in [3.05, 3.63) is 47.7 Å². The van der Waals surface area contributed by atoms with Gasteiger partial charge in [-0.3, -0.25) is 9.78 Å². The number of aryl methyl sites for hydroxylation is 1. The van der Waals surface area contributed by atoms with Gasteiger partial charge in [-0.1, -0.05) is 11.2 Å². The van der Waals surface area contributed by atoms with E-state index >= 15 is 0 Å². The van der Waals surface area contributed by atoms with Gasteiger partial charge >= 0.3 is 0 Å². The van der Waals surface area contributed by atoms with E-state index in [2.05, 4.69) is 30.4 Å². The average molecular weight is 353 g/mol. The van der Waals surface area contributed by atoms with Gasteiger partial charge in [0, 0.05) is 26.5 Å². The molecule has 3 rings (SSSR count). The fourth-order valence-corrected chi connectivity index (χ4v) is 2.24. The molecule has 3 heterocycles. The average Bonchev–Trinajstić information content (AvgIpc) is 3.12. The van der Waals surface area contributed by atoms with Crippen LogP contribution in [0.2, 0.25) is 0 Å². The molecule has 0 aromatic carbocycles. The molecule has 26 heavy (non-hydrogen) atoms. The number of nitrogens with zero attached hydrogens (tertiary/aromatic N) is 6. The van der Waals surface area contributed by atoms with E-state index in [1.807, 2.05) is 20.2 Å². The lowest BCUT2D eigenvalue weighted by molar-refractivity contribution is 0.0931. The van der Waals surface area contributed by atoms with Crippen LogP contribution in [0.15, 0.2) is 35.1 Å². The monoisotopic (exact) mass is 353 g/mol. The molecule has 3 aromatic rings. The summed E-state index contributed by atoms with van der Waals surface area (Å²) in [6.45, 7) is 3.53. The summed E-state index contributed by atoms with van der Waals surface area (Å²) in [6, 6.07) is 4.95. The Kier molecular flexibility index (Phi) is 4.87. The highest BCUT2D eigenvalue weighted by Crippen LogP contribution is 2.17. The number of nitrogens with one attached hydrogen (secondary N) is 1. The Balaban J connectivity index is 1.73. The van der Waals surface area contributed by atoms with Crippen LogP contribution in [-0.2, 0) is 0 Å². The van der Waals surface area contributed by atoms with E-state index in [1.54, 1.807) is 37.1 Å². The Morgan fingerprint density at radius 1 is 1.23 bits per heavy atom. The van der Waals surface area contributed by atoms with E-state index in [0.717, 1.165) is 0 Å². The highest BCUT2D eigenvalue weighted by molar-refractivity contribution is 5.95. The Hall–Kier alpha value is -3.36. The molecular formula is C17H19N7O2. The van der Waals surface area contributed by atoms with Gasteiger partial charge in [0.15, 0.2) is 0 Å². The predicted octanol–water partition coefficient (Wildman–Crippen LogP) is 1.79. The van der Waals surface area contributed by atoms with Crippen molar-refractivity contribution in [3.8, 4) is 11.5 Å². The van der Waals surface area contributed by atoms with Crippen molar-refractivity contribution in [2.24, 2.45) is 0 Å². The minimum absolute atomic E-state index is 0.294. The minimum atomic E-state index is -0.472. The van der Waals surface area contributed by atoms with Crippen LogP contribution in [0.3, 0.4) is 0 Å². The summed E-state index contributed by atoms with van der Waals surface area (Å²) < 4.78 is 5.24. The Morgan fingerprint density at radius 3 is 2.69 bits per heavy atom. The number of pyridine rings is 1. The highest BCUT2D eigenvalue weighted by Gasteiger charge is 2.20. The maximum atomic E-state index is 12.5.